The van der Waals surface area contributed by atoms with E-state index >= 15 is 0 Å². The summed E-state index contributed by atoms with van der Waals surface area (Å²) in [7, 11) is 0. The van der Waals surface area contributed by atoms with E-state index in [9.17, 15) is 4.79 Å². The molecule has 0 saturated carbocycles. The third kappa shape index (κ3) is 2.58. The molecule has 0 atom stereocenters. The number of carbonyl (C=O) groups excluding carboxylic acids is 1. The molecule has 1 aromatic carbocycles. The van der Waals surface area contributed by atoms with Gasteiger partial charge in [-0.25, -0.2) is 0 Å². The van der Waals surface area contributed by atoms with Crippen molar-refractivity contribution in [3.63, 3.8) is 0 Å². The minimum atomic E-state index is 0.0284. The van der Waals surface area contributed by atoms with Gasteiger partial charge in [0.15, 0.2) is 5.78 Å². The summed E-state index contributed by atoms with van der Waals surface area (Å²) >= 11 is 6.68. The van der Waals surface area contributed by atoms with Gasteiger partial charge in [-0.15, -0.1) is 0 Å². The van der Waals surface area contributed by atoms with Gasteiger partial charge in [-0.2, -0.15) is 0 Å². The number of Topliss-reactive ketones (excluding diaryl/α,β-unsaturated/α-hetero) is 1. The number of rotatable bonds is 3. The second kappa shape index (κ2) is 4.94. The van der Waals surface area contributed by atoms with Crippen molar-refractivity contribution >= 4 is 37.6 Å². The van der Waals surface area contributed by atoms with Gasteiger partial charge in [0.2, 0.25) is 0 Å². The highest BCUT2D eigenvalue weighted by atomic mass is 79.9. The second-order valence-corrected chi connectivity index (χ2v) is 4.46. The first-order valence-corrected chi connectivity index (χ1v) is 5.77. The zero-order valence-corrected chi connectivity index (χ0v) is 11.1. The van der Waals surface area contributed by atoms with Crippen LogP contribution in [-0.4, -0.2) is 12.4 Å². The summed E-state index contributed by atoms with van der Waals surface area (Å²) in [4.78, 5) is 11.2. The Labute approximate surface area is 99.9 Å². The van der Waals surface area contributed by atoms with Crippen molar-refractivity contribution in [1.29, 1.82) is 0 Å². The van der Waals surface area contributed by atoms with Crippen molar-refractivity contribution in [2.45, 2.75) is 13.8 Å². The van der Waals surface area contributed by atoms with Crippen LogP contribution < -0.4 is 4.74 Å². The normalized spacial score (nSPS) is 10.0. The maximum Gasteiger partial charge on any atom is 0.160 e. The first-order chi connectivity index (χ1) is 6.56. The lowest BCUT2D eigenvalue weighted by atomic mass is 10.1. The molecule has 0 heterocycles. The van der Waals surface area contributed by atoms with E-state index in [1.54, 1.807) is 12.1 Å². The Morgan fingerprint density at radius 1 is 1.36 bits per heavy atom. The molecule has 0 aliphatic carbocycles. The molecule has 0 fully saturated rings. The Bertz CT molecular complexity index is 361. The van der Waals surface area contributed by atoms with Crippen molar-refractivity contribution in [3.05, 3.63) is 26.6 Å². The number of ether oxygens (including phenoxy) is 1. The molecule has 1 aromatic rings. The van der Waals surface area contributed by atoms with Crippen LogP contribution in [0.1, 0.15) is 24.2 Å². The van der Waals surface area contributed by atoms with Crippen molar-refractivity contribution in [3.8, 4) is 5.75 Å². The first kappa shape index (κ1) is 11.7. The van der Waals surface area contributed by atoms with E-state index in [0.29, 0.717) is 12.2 Å². The largest absolute Gasteiger partial charge is 0.493 e. The van der Waals surface area contributed by atoms with Crippen molar-refractivity contribution in [1.82, 2.24) is 0 Å². The minimum Gasteiger partial charge on any atom is -0.493 e. The highest BCUT2D eigenvalue weighted by Crippen LogP contribution is 2.31. The lowest BCUT2D eigenvalue weighted by Gasteiger charge is -2.08. The topological polar surface area (TPSA) is 26.3 Å². The van der Waals surface area contributed by atoms with E-state index in [2.05, 4.69) is 31.9 Å². The molecule has 0 spiro atoms. The van der Waals surface area contributed by atoms with Crippen LogP contribution in [0.5, 0.6) is 5.75 Å². The molecule has 14 heavy (non-hydrogen) atoms. The van der Waals surface area contributed by atoms with Gasteiger partial charge in [0, 0.05) is 10.0 Å². The van der Waals surface area contributed by atoms with Gasteiger partial charge in [-0.3, -0.25) is 4.79 Å². The SMILES string of the molecule is CCOc1cc(Br)c(C(C)=O)cc1Br. The summed E-state index contributed by atoms with van der Waals surface area (Å²) < 4.78 is 6.92. The van der Waals surface area contributed by atoms with Crippen LogP contribution in [0, 0.1) is 0 Å². The highest BCUT2D eigenvalue weighted by Gasteiger charge is 2.10. The summed E-state index contributed by atoms with van der Waals surface area (Å²) in [5.41, 5.74) is 0.653. The fourth-order valence-corrected chi connectivity index (χ4v) is 2.12. The first-order valence-electron chi connectivity index (χ1n) is 4.19. The van der Waals surface area contributed by atoms with E-state index in [0.717, 1.165) is 14.7 Å². The molecule has 76 valence electrons. The van der Waals surface area contributed by atoms with E-state index in [1.807, 2.05) is 6.92 Å². The molecule has 1 rings (SSSR count). The number of carbonyl (C=O) groups is 1. The number of halogens is 2. The fourth-order valence-electron chi connectivity index (χ4n) is 1.06. The molecule has 4 heteroatoms. The van der Waals surface area contributed by atoms with Gasteiger partial charge >= 0.3 is 0 Å². The summed E-state index contributed by atoms with van der Waals surface area (Å²) in [6, 6.07) is 3.56. The maximum atomic E-state index is 11.2. The van der Waals surface area contributed by atoms with Gasteiger partial charge in [-0.05, 0) is 57.8 Å². The zero-order valence-electron chi connectivity index (χ0n) is 7.93. The Morgan fingerprint density at radius 3 is 2.50 bits per heavy atom. The summed E-state index contributed by atoms with van der Waals surface area (Å²) in [6.07, 6.45) is 0. The molecular weight excluding hydrogens is 312 g/mol. The van der Waals surface area contributed by atoms with Gasteiger partial charge < -0.3 is 4.74 Å². The summed E-state index contributed by atoms with van der Waals surface area (Å²) in [6.45, 7) is 4.05. The third-order valence-corrected chi connectivity index (χ3v) is 2.98. The van der Waals surface area contributed by atoms with E-state index in [1.165, 1.54) is 6.92 Å². The molecule has 0 aromatic heterocycles. The highest BCUT2D eigenvalue weighted by molar-refractivity contribution is 9.11. The van der Waals surface area contributed by atoms with E-state index in [-0.39, 0.29) is 5.78 Å². The summed E-state index contributed by atoms with van der Waals surface area (Å²) in [5.74, 6) is 0.769. The van der Waals surface area contributed by atoms with Crippen molar-refractivity contribution in [2.24, 2.45) is 0 Å². The lowest BCUT2D eigenvalue weighted by Crippen LogP contribution is -1.97. The van der Waals surface area contributed by atoms with Gasteiger partial charge in [0.05, 0.1) is 11.1 Å². The Balaban J connectivity index is 3.17. The Hall–Kier alpha value is -0.350. The van der Waals surface area contributed by atoms with Crippen LogP contribution >= 0.6 is 31.9 Å². The fraction of sp³-hybridized carbons (Fsp3) is 0.300. The predicted molar refractivity (Wildman–Crippen MR) is 63.0 cm³/mol. The number of ketones is 1. The van der Waals surface area contributed by atoms with Crippen LogP contribution in [0.2, 0.25) is 0 Å². The molecule has 0 aliphatic heterocycles. The van der Waals surface area contributed by atoms with Crippen molar-refractivity contribution < 1.29 is 9.53 Å². The molecule has 0 bridgehead atoms. The van der Waals surface area contributed by atoms with Gasteiger partial charge in [-0.1, -0.05) is 0 Å². The molecule has 0 amide bonds. The van der Waals surface area contributed by atoms with Gasteiger partial charge in [0.25, 0.3) is 0 Å². The molecule has 0 saturated heterocycles. The standard InChI is InChI=1S/C10H10Br2O2/c1-3-14-10-5-8(11)7(6(2)13)4-9(10)12/h4-5H,3H2,1-2H3. The van der Waals surface area contributed by atoms with Crippen LogP contribution in [0.3, 0.4) is 0 Å². The Morgan fingerprint density at radius 2 is 2.00 bits per heavy atom. The van der Waals surface area contributed by atoms with Crippen molar-refractivity contribution in [2.75, 3.05) is 6.61 Å². The second-order valence-electron chi connectivity index (χ2n) is 2.75. The Kier molecular flexibility index (Phi) is 4.13. The predicted octanol–water partition coefficient (Wildman–Crippen LogP) is 3.81. The minimum absolute atomic E-state index is 0.0284. The van der Waals surface area contributed by atoms with Crippen LogP contribution in [0.15, 0.2) is 21.1 Å². The van der Waals surface area contributed by atoms with Gasteiger partial charge in [0.1, 0.15) is 5.75 Å². The summed E-state index contributed by atoms with van der Waals surface area (Å²) in [5, 5.41) is 0. The molecule has 0 radical (unpaired) electrons. The van der Waals surface area contributed by atoms with Crippen LogP contribution in [0.4, 0.5) is 0 Å². The molecule has 0 N–H and O–H groups in total. The van der Waals surface area contributed by atoms with E-state index in [4.69, 9.17) is 4.74 Å². The van der Waals surface area contributed by atoms with Crippen LogP contribution in [-0.2, 0) is 0 Å². The van der Waals surface area contributed by atoms with Crippen LogP contribution in [0.25, 0.3) is 0 Å². The zero-order chi connectivity index (χ0) is 10.7. The average molecular weight is 322 g/mol. The smallest absolute Gasteiger partial charge is 0.160 e. The average Bonchev–Trinajstić information content (AvgIpc) is 2.10. The quantitative estimate of drug-likeness (QED) is 0.791. The molecule has 0 aliphatic rings. The number of benzene rings is 1. The number of hydrogen-bond acceptors (Lipinski definition) is 2. The maximum absolute atomic E-state index is 11.2. The van der Waals surface area contributed by atoms with E-state index < -0.39 is 0 Å². The molecule has 0 unspecified atom stereocenters. The molecular formula is C10H10Br2O2. The lowest BCUT2D eigenvalue weighted by molar-refractivity contribution is 0.101. The third-order valence-electron chi connectivity index (χ3n) is 1.70. The number of hydrogen-bond donors (Lipinski definition) is 0. The monoisotopic (exact) mass is 320 g/mol. The molecule has 2 nitrogen and oxygen atoms in total.